The Bertz CT molecular complexity index is 228. The molecule has 0 fully saturated rings. The molecule has 0 atom stereocenters. The summed E-state index contributed by atoms with van der Waals surface area (Å²) in [7, 11) is 0. The van der Waals surface area contributed by atoms with Gasteiger partial charge in [-0.05, 0) is 13.8 Å². The molecule has 0 aromatic heterocycles. The first-order chi connectivity index (χ1) is 5.81. The Morgan fingerprint density at radius 2 is 2.15 bits per heavy atom. The maximum Gasteiger partial charge on any atom is 0.280 e. The van der Waals surface area contributed by atoms with E-state index >= 15 is 0 Å². The zero-order chi connectivity index (χ0) is 10.6. The minimum atomic E-state index is -2.99. The zero-order valence-corrected chi connectivity index (χ0v) is 7.20. The van der Waals surface area contributed by atoms with Gasteiger partial charge < -0.3 is 5.21 Å². The summed E-state index contributed by atoms with van der Waals surface area (Å²) in [5, 5.41) is 20.7. The van der Waals surface area contributed by atoms with Gasteiger partial charge in [0, 0.05) is 4.92 Å². The average Bonchev–Trinajstić information content (AvgIpc) is 1.82. The average molecular weight is 196 g/mol. The van der Waals surface area contributed by atoms with E-state index in [1.54, 1.807) is 0 Å². The van der Waals surface area contributed by atoms with Crippen molar-refractivity contribution in [2.45, 2.75) is 20.3 Å². The Labute approximate surface area is 73.2 Å². The number of nitrogens with zero attached hydrogens (tertiary/aromatic N) is 2. The third-order valence-electron chi connectivity index (χ3n) is 1.53. The van der Waals surface area contributed by atoms with Gasteiger partial charge in [0.25, 0.3) is 6.43 Å². The third kappa shape index (κ3) is 3.30. The van der Waals surface area contributed by atoms with Crippen molar-refractivity contribution in [3.63, 3.8) is 0 Å². The van der Waals surface area contributed by atoms with Crippen LogP contribution in [-0.4, -0.2) is 28.8 Å². The zero-order valence-electron chi connectivity index (χ0n) is 7.20. The Morgan fingerprint density at radius 1 is 1.69 bits per heavy atom. The molecule has 0 aliphatic heterocycles. The van der Waals surface area contributed by atoms with Gasteiger partial charge in [-0.2, -0.15) is 0 Å². The van der Waals surface area contributed by atoms with E-state index in [1.807, 2.05) is 0 Å². The highest BCUT2D eigenvalue weighted by Gasteiger charge is 2.37. The second-order valence-corrected chi connectivity index (χ2v) is 3.16. The molecule has 0 bridgehead atoms. The highest BCUT2D eigenvalue weighted by atomic mass is 19.3. The van der Waals surface area contributed by atoms with Gasteiger partial charge in [0.1, 0.15) is 5.71 Å². The van der Waals surface area contributed by atoms with Crippen molar-refractivity contribution in [2.24, 2.45) is 10.6 Å². The standard InChI is InChI=1S/C6H10F2N2O3/c1-6(2,3-10(12)13)4(9-11)5(7)8/h5,11H,3H2,1-2H3/b9-4-. The number of alkyl halides is 2. The Balaban J connectivity index is 4.68. The summed E-state index contributed by atoms with van der Waals surface area (Å²) in [6.45, 7) is 1.74. The fourth-order valence-electron chi connectivity index (χ4n) is 0.878. The maximum absolute atomic E-state index is 12.1. The molecule has 0 unspecified atom stereocenters. The molecule has 0 saturated carbocycles. The molecule has 7 heteroatoms. The predicted octanol–water partition coefficient (Wildman–Crippen LogP) is 1.38. The smallest absolute Gasteiger partial charge is 0.280 e. The summed E-state index contributed by atoms with van der Waals surface area (Å²) in [5.41, 5.74) is -2.31. The van der Waals surface area contributed by atoms with Gasteiger partial charge in [0.15, 0.2) is 0 Å². The SMILES string of the molecule is CC(C)(C[N+](=O)[O-])/C(=N\O)C(F)F. The third-order valence-corrected chi connectivity index (χ3v) is 1.53. The summed E-state index contributed by atoms with van der Waals surface area (Å²) >= 11 is 0. The molecule has 0 aromatic carbocycles. The highest BCUT2D eigenvalue weighted by molar-refractivity contribution is 5.91. The van der Waals surface area contributed by atoms with E-state index in [9.17, 15) is 18.9 Å². The fourth-order valence-corrected chi connectivity index (χ4v) is 0.878. The largest absolute Gasteiger partial charge is 0.411 e. The van der Waals surface area contributed by atoms with Gasteiger partial charge in [0.05, 0.1) is 5.41 Å². The van der Waals surface area contributed by atoms with E-state index in [0.717, 1.165) is 0 Å². The molecule has 0 rings (SSSR count). The normalized spacial score (nSPS) is 13.5. The van der Waals surface area contributed by atoms with Gasteiger partial charge >= 0.3 is 0 Å². The first-order valence-electron chi connectivity index (χ1n) is 3.43. The van der Waals surface area contributed by atoms with Crippen molar-refractivity contribution >= 4 is 5.71 Å². The van der Waals surface area contributed by atoms with Crippen molar-refractivity contribution in [2.75, 3.05) is 6.54 Å². The van der Waals surface area contributed by atoms with Crippen molar-refractivity contribution in [1.29, 1.82) is 0 Å². The van der Waals surface area contributed by atoms with Crippen LogP contribution in [0.25, 0.3) is 0 Å². The van der Waals surface area contributed by atoms with Gasteiger partial charge in [-0.15, -0.1) is 0 Å². The highest BCUT2D eigenvalue weighted by Crippen LogP contribution is 2.22. The van der Waals surface area contributed by atoms with Crippen LogP contribution in [0.3, 0.4) is 0 Å². The van der Waals surface area contributed by atoms with Crippen LogP contribution >= 0.6 is 0 Å². The molecular weight excluding hydrogens is 186 g/mol. The van der Waals surface area contributed by atoms with Gasteiger partial charge in [-0.3, -0.25) is 10.1 Å². The lowest BCUT2D eigenvalue weighted by atomic mass is 9.87. The molecule has 0 aliphatic carbocycles. The first-order valence-corrected chi connectivity index (χ1v) is 3.43. The molecule has 76 valence electrons. The molecule has 0 saturated heterocycles. The first kappa shape index (κ1) is 11.7. The van der Waals surface area contributed by atoms with Crippen LogP contribution in [0.4, 0.5) is 8.78 Å². The van der Waals surface area contributed by atoms with Gasteiger partial charge in [0.2, 0.25) is 6.54 Å². The second kappa shape index (κ2) is 4.11. The molecule has 13 heavy (non-hydrogen) atoms. The van der Waals surface area contributed by atoms with Crippen molar-refractivity contribution in [1.82, 2.24) is 0 Å². The monoisotopic (exact) mass is 196 g/mol. The minimum Gasteiger partial charge on any atom is -0.411 e. The summed E-state index contributed by atoms with van der Waals surface area (Å²) in [4.78, 5) is 9.35. The topological polar surface area (TPSA) is 75.7 Å². The summed E-state index contributed by atoms with van der Waals surface area (Å²) in [6, 6.07) is 0. The molecule has 0 heterocycles. The molecule has 0 aromatic rings. The van der Waals surface area contributed by atoms with Crippen molar-refractivity contribution < 1.29 is 18.9 Å². The van der Waals surface area contributed by atoms with Crippen molar-refractivity contribution in [3.8, 4) is 0 Å². The summed E-state index contributed by atoms with van der Waals surface area (Å²) in [5.74, 6) is 0. The fraction of sp³-hybridized carbons (Fsp3) is 0.833. The van der Waals surface area contributed by atoms with Crippen molar-refractivity contribution in [3.05, 3.63) is 10.1 Å². The molecule has 0 aliphatic rings. The predicted molar refractivity (Wildman–Crippen MR) is 40.9 cm³/mol. The number of rotatable bonds is 4. The van der Waals surface area contributed by atoms with Gasteiger partial charge in [-0.1, -0.05) is 5.16 Å². The Hall–Kier alpha value is -1.27. The molecule has 0 spiro atoms. The van der Waals surface area contributed by atoms with Crippen LogP contribution in [0.15, 0.2) is 5.16 Å². The number of nitro groups is 1. The quantitative estimate of drug-likeness (QED) is 0.319. The minimum absolute atomic E-state index is 0.698. The summed E-state index contributed by atoms with van der Waals surface area (Å²) < 4.78 is 24.3. The molecule has 0 amide bonds. The lowest BCUT2D eigenvalue weighted by Crippen LogP contribution is -2.36. The van der Waals surface area contributed by atoms with Crippen LogP contribution < -0.4 is 0 Å². The van der Waals surface area contributed by atoms with E-state index in [0.29, 0.717) is 0 Å². The van der Waals surface area contributed by atoms with Gasteiger partial charge in [-0.25, -0.2) is 8.78 Å². The molecule has 5 nitrogen and oxygen atoms in total. The Morgan fingerprint density at radius 3 is 2.38 bits per heavy atom. The number of hydrogen-bond donors (Lipinski definition) is 1. The lowest BCUT2D eigenvalue weighted by molar-refractivity contribution is -0.491. The number of halogens is 2. The molecule has 1 N–H and O–H groups in total. The van der Waals surface area contributed by atoms with E-state index in [4.69, 9.17) is 5.21 Å². The van der Waals surface area contributed by atoms with E-state index < -0.39 is 29.0 Å². The second-order valence-electron chi connectivity index (χ2n) is 3.16. The van der Waals surface area contributed by atoms with Crippen LogP contribution in [-0.2, 0) is 0 Å². The molecule has 0 radical (unpaired) electrons. The van der Waals surface area contributed by atoms with E-state index in [2.05, 4.69) is 5.16 Å². The lowest BCUT2D eigenvalue weighted by Gasteiger charge is -2.19. The van der Waals surface area contributed by atoms with E-state index in [1.165, 1.54) is 13.8 Å². The number of hydrogen-bond acceptors (Lipinski definition) is 4. The Kier molecular flexibility index (Phi) is 3.70. The maximum atomic E-state index is 12.1. The van der Waals surface area contributed by atoms with E-state index in [-0.39, 0.29) is 0 Å². The van der Waals surface area contributed by atoms with Crippen LogP contribution in [0, 0.1) is 15.5 Å². The van der Waals surface area contributed by atoms with Crippen LogP contribution in [0.1, 0.15) is 13.8 Å². The summed E-state index contributed by atoms with van der Waals surface area (Å²) in [6.07, 6.45) is -2.99. The number of oxime groups is 1. The van der Waals surface area contributed by atoms with Crippen LogP contribution in [0.2, 0.25) is 0 Å². The van der Waals surface area contributed by atoms with Crippen LogP contribution in [0.5, 0.6) is 0 Å². The molecular formula is C6H10F2N2O3.